The second kappa shape index (κ2) is 12.8. The third kappa shape index (κ3) is 6.47. The maximum atomic E-state index is 4.44. The molecule has 2 aliphatic carbocycles. The molecule has 0 heterocycles. The summed E-state index contributed by atoms with van der Waals surface area (Å²) < 4.78 is 0. The number of allylic oxidation sites excluding steroid dienone is 3. The summed E-state index contributed by atoms with van der Waals surface area (Å²) in [4.78, 5) is 7.22. The summed E-state index contributed by atoms with van der Waals surface area (Å²) >= 11 is 0. The van der Waals surface area contributed by atoms with Crippen LogP contribution in [0.5, 0.6) is 0 Å². The van der Waals surface area contributed by atoms with E-state index in [-0.39, 0.29) is 5.54 Å². The number of rotatable bonds is 9. The van der Waals surface area contributed by atoms with Crippen molar-refractivity contribution in [1.29, 1.82) is 0 Å². The Morgan fingerprint density at radius 2 is 1.09 bits per heavy atom. The fraction of sp³-hybridized carbons (Fsp3) is 0.317. The zero-order valence-electron chi connectivity index (χ0n) is 27.1. The van der Waals surface area contributed by atoms with Gasteiger partial charge in [0.1, 0.15) is 0 Å². The molecule has 44 heavy (non-hydrogen) atoms. The number of hydrogen-bond donors (Lipinski definition) is 1. The lowest BCUT2D eigenvalue weighted by Gasteiger charge is -2.46. The topological polar surface area (TPSA) is 15.3 Å². The maximum Gasteiger partial charge on any atom is 0.194 e. The van der Waals surface area contributed by atoms with Crippen molar-refractivity contribution in [3.05, 3.63) is 156 Å². The SMILES string of the molecule is Cc1ccc([Si](NC(C)(C)C)(c2ccc(C)cc2)C2CC(N(Cc3ccccc3)Cc3ccccc3)C3C=CC=CC32)cc1. The Hall–Kier alpha value is -3.50. The van der Waals surface area contributed by atoms with Gasteiger partial charge in [0.2, 0.25) is 0 Å². The lowest BCUT2D eigenvalue weighted by molar-refractivity contribution is 0.153. The quantitative estimate of drug-likeness (QED) is 0.197. The lowest BCUT2D eigenvalue weighted by atomic mass is 9.88. The summed E-state index contributed by atoms with van der Waals surface area (Å²) in [5.74, 6) is 0.921. The van der Waals surface area contributed by atoms with Crippen LogP contribution in [-0.2, 0) is 13.1 Å². The maximum absolute atomic E-state index is 4.44. The Bertz CT molecular complexity index is 1480. The Morgan fingerprint density at radius 3 is 1.55 bits per heavy atom. The molecule has 0 radical (unpaired) electrons. The molecule has 0 bridgehead atoms. The van der Waals surface area contributed by atoms with Gasteiger partial charge >= 0.3 is 0 Å². The predicted octanol–water partition coefficient (Wildman–Crippen LogP) is 7.95. The Morgan fingerprint density at radius 1 is 0.636 bits per heavy atom. The highest BCUT2D eigenvalue weighted by Crippen LogP contribution is 2.51. The normalized spacial score (nSPS) is 21.5. The van der Waals surface area contributed by atoms with Crippen LogP contribution in [0.2, 0.25) is 5.54 Å². The molecular formula is C41H48N2Si. The standard InChI is InChI=1S/C41H48N2Si/c1-31-20-24-35(25-21-31)44(42-41(3,4)5,36-26-22-32(2)23-27-36)40-28-39(37-18-12-13-19-38(37)40)43(29-33-14-8-6-9-15-33)30-34-16-10-7-11-17-34/h6-27,37-40,42H,28-30H2,1-5H3. The van der Waals surface area contributed by atoms with E-state index in [2.05, 4.69) is 178 Å². The zero-order valence-corrected chi connectivity index (χ0v) is 28.1. The van der Waals surface area contributed by atoms with Crippen LogP contribution in [0.15, 0.2) is 133 Å². The summed E-state index contributed by atoms with van der Waals surface area (Å²) in [6.45, 7) is 13.4. The molecule has 1 fully saturated rings. The molecule has 226 valence electrons. The minimum atomic E-state index is -2.54. The van der Waals surface area contributed by atoms with E-state index in [4.69, 9.17) is 0 Å². The molecule has 1 saturated carbocycles. The fourth-order valence-corrected chi connectivity index (χ4v) is 13.6. The molecule has 0 spiro atoms. The van der Waals surface area contributed by atoms with E-state index in [1.54, 1.807) is 0 Å². The Kier molecular flexibility index (Phi) is 8.91. The van der Waals surface area contributed by atoms with Gasteiger partial charge in [0, 0.05) is 24.7 Å². The van der Waals surface area contributed by atoms with Crippen molar-refractivity contribution >= 4 is 18.6 Å². The van der Waals surface area contributed by atoms with Crippen LogP contribution in [0.1, 0.15) is 49.4 Å². The summed E-state index contributed by atoms with van der Waals surface area (Å²) in [6, 6.07) is 41.6. The molecule has 4 unspecified atom stereocenters. The van der Waals surface area contributed by atoms with Crippen LogP contribution < -0.4 is 15.4 Å². The first kappa shape index (κ1) is 30.5. The Labute approximate surface area is 266 Å². The van der Waals surface area contributed by atoms with Gasteiger partial charge in [-0.2, -0.15) is 0 Å². The van der Waals surface area contributed by atoms with Crippen molar-refractivity contribution in [3.8, 4) is 0 Å². The summed E-state index contributed by atoms with van der Waals surface area (Å²) in [5.41, 5.74) is 5.83. The molecule has 1 N–H and O–H groups in total. The van der Waals surface area contributed by atoms with Gasteiger partial charge < -0.3 is 4.98 Å². The largest absolute Gasteiger partial charge is 0.325 e. The molecule has 4 aromatic carbocycles. The summed E-state index contributed by atoms with van der Waals surface area (Å²) in [6.07, 6.45) is 10.8. The second-order valence-corrected chi connectivity index (χ2v) is 17.9. The average Bonchev–Trinajstić information content (AvgIpc) is 3.41. The molecular weight excluding hydrogens is 549 g/mol. The van der Waals surface area contributed by atoms with Crippen molar-refractivity contribution < 1.29 is 0 Å². The molecule has 2 nitrogen and oxygen atoms in total. The molecule has 3 heteroatoms. The van der Waals surface area contributed by atoms with Crippen molar-refractivity contribution in [2.24, 2.45) is 11.8 Å². The van der Waals surface area contributed by atoms with Gasteiger partial charge in [-0.25, -0.2) is 0 Å². The molecule has 2 aliphatic rings. The fourth-order valence-electron chi connectivity index (χ4n) is 7.84. The first-order chi connectivity index (χ1) is 21.2. The Balaban J connectivity index is 1.50. The van der Waals surface area contributed by atoms with E-state index in [0.717, 1.165) is 19.5 Å². The average molecular weight is 597 g/mol. The van der Waals surface area contributed by atoms with E-state index < -0.39 is 8.24 Å². The highest BCUT2D eigenvalue weighted by molar-refractivity contribution is 7.01. The molecule has 6 rings (SSSR count). The van der Waals surface area contributed by atoms with Crippen LogP contribution in [0.4, 0.5) is 0 Å². The van der Waals surface area contributed by atoms with Gasteiger partial charge in [-0.05, 0) is 79.9 Å². The monoisotopic (exact) mass is 596 g/mol. The molecule has 0 amide bonds. The van der Waals surface area contributed by atoms with Crippen molar-refractivity contribution in [2.45, 2.75) is 71.3 Å². The number of nitrogens with one attached hydrogen (secondary N) is 1. The van der Waals surface area contributed by atoms with E-state index in [1.165, 1.54) is 32.6 Å². The minimum absolute atomic E-state index is 0.0441. The first-order valence-electron chi connectivity index (χ1n) is 16.3. The smallest absolute Gasteiger partial charge is 0.194 e. The van der Waals surface area contributed by atoms with Crippen molar-refractivity contribution in [1.82, 2.24) is 9.88 Å². The molecule has 0 saturated heterocycles. The van der Waals surface area contributed by atoms with Crippen molar-refractivity contribution in [3.63, 3.8) is 0 Å². The molecule has 0 aliphatic heterocycles. The third-order valence-corrected chi connectivity index (χ3v) is 15.1. The summed E-state index contributed by atoms with van der Waals surface area (Å²) in [5, 5.41) is 2.98. The van der Waals surface area contributed by atoms with Gasteiger partial charge in [-0.1, -0.05) is 145 Å². The minimum Gasteiger partial charge on any atom is -0.325 e. The van der Waals surface area contributed by atoms with Crippen LogP contribution >= 0.6 is 0 Å². The van der Waals surface area contributed by atoms with Gasteiger partial charge in [-0.3, -0.25) is 4.90 Å². The molecule has 4 aromatic rings. The van der Waals surface area contributed by atoms with Gasteiger partial charge in [0.05, 0.1) is 0 Å². The van der Waals surface area contributed by atoms with E-state index in [9.17, 15) is 0 Å². The summed E-state index contributed by atoms with van der Waals surface area (Å²) in [7, 11) is -2.54. The number of fused-ring (bicyclic) bond motifs is 1. The number of nitrogens with zero attached hydrogens (tertiary/aromatic N) is 1. The van der Waals surface area contributed by atoms with Crippen LogP contribution in [-0.4, -0.2) is 24.7 Å². The third-order valence-electron chi connectivity index (χ3n) is 9.69. The number of hydrogen-bond acceptors (Lipinski definition) is 2. The van der Waals surface area contributed by atoms with Gasteiger partial charge in [-0.15, -0.1) is 0 Å². The van der Waals surface area contributed by atoms with Crippen LogP contribution in [0, 0.1) is 25.7 Å². The first-order valence-corrected chi connectivity index (χ1v) is 18.4. The zero-order chi connectivity index (χ0) is 30.7. The highest BCUT2D eigenvalue weighted by atomic mass is 28.3. The van der Waals surface area contributed by atoms with Gasteiger partial charge in [0.25, 0.3) is 0 Å². The van der Waals surface area contributed by atoms with Crippen LogP contribution in [0.25, 0.3) is 0 Å². The van der Waals surface area contributed by atoms with E-state index in [0.29, 0.717) is 23.4 Å². The van der Waals surface area contributed by atoms with Gasteiger partial charge in [0.15, 0.2) is 8.24 Å². The second-order valence-electron chi connectivity index (χ2n) is 14.1. The van der Waals surface area contributed by atoms with Crippen LogP contribution in [0.3, 0.4) is 0 Å². The highest BCUT2D eigenvalue weighted by Gasteiger charge is 2.56. The lowest BCUT2D eigenvalue weighted by Crippen LogP contribution is -2.75. The van der Waals surface area contributed by atoms with Crippen molar-refractivity contribution in [2.75, 3.05) is 0 Å². The molecule has 4 atom stereocenters. The number of aryl methyl sites for hydroxylation is 2. The van der Waals surface area contributed by atoms with E-state index >= 15 is 0 Å². The molecule has 0 aromatic heterocycles. The predicted molar refractivity (Wildman–Crippen MR) is 190 cm³/mol. The number of benzene rings is 4. The van der Waals surface area contributed by atoms with E-state index in [1.807, 2.05) is 0 Å².